The van der Waals surface area contributed by atoms with E-state index in [-0.39, 0.29) is 31.1 Å². The van der Waals surface area contributed by atoms with Gasteiger partial charge < -0.3 is 14.2 Å². The molecule has 0 aliphatic rings. The Morgan fingerprint density at radius 2 is 0.529 bits per heavy atom. The van der Waals surface area contributed by atoms with Crippen LogP contribution in [0.1, 0.15) is 297 Å². The number of carbonyl (C=O) groups excluding carboxylic acids is 3. The van der Waals surface area contributed by atoms with Crippen molar-refractivity contribution in [1.82, 2.24) is 0 Å². The molecule has 0 N–H and O–H groups in total. The molecule has 0 amide bonds. The lowest BCUT2D eigenvalue weighted by Crippen LogP contribution is -2.30. The molecule has 0 radical (unpaired) electrons. The second-order valence-electron chi connectivity index (χ2n) is 19.9. The minimum atomic E-state index is -0.793. The molecule has 0 bridgehead atoms. The number of rotatable bonds is 54. The van der Waals surface area contributed by atoms with E-state index in [0.717, 1.165) is 109 Å². The molecule has 6 nitrogen and oxygen atoms in total. The number of ether oxygens (including phenoxy) is 3. The zero-order chi connectivity index (χ0) is 50.7. The van der Waals surface area contributed by atoms with Crippen molar-refractivity contribution in [2.75, 3.05) is 13.2 Å². The number of unbranched alkanes of at least 4 members (excludes halogenated alkanes) is 31. The third-order valence-electron chi connectivity index (χ3n) is 12.9. The van der Waals surface area contributed by atoms with Crippen LogP contribution in [0, 0.1) is 0 Å². The Balaban J connectivity index is 4.42. The molecule has 404 valence electrons. The predicted octanol–water partition coefficient (Wildman–Crippen LogP) is 20.2. The maximum atomic E-state index is 12.9. The summed E-state index contributed by atoms with van der Waals surface area (Å²) < 4.78 is 16.9. The minimum absolute atomic E-state index is 0.0910. The number of hydrogen-bond acceptors (Lipinski definition) is 6. The van der Waals surface area contributed by atoms with Crippen molar-refractivity contribution in [3.63, 3.8) is 0 Å². The van der Waals surface area contributed by atoms with Crippen LogP contribution in [0.25, 0.3) is 0 Å². The van der Waals surface area contributed by atoms with Crippen LogP contribution >= 0.6 is 0 Å². The van der Waals surface area contributed by atoms with Crippen molar-refractivity contribution in [2.45, 2.75) is 303 Å². The first-order chi connectivity index (χ1) is 34.5. The van der Waals surface area contributed by atoms with E-state index in [9.17, 15) is 14.4 Å². The van der Waals surface area contributed by atoms with E-state index in [4.69, 9.17) is 14.2 Å². The fourth-order valence-electron chi connectivity index (χ4n) is 8.38. The van der Waals surface area contributed by atoms with E-state index in [1.165, 1.54) is 148 Å². The lowest BCUT2D eigenvalue weighted by atomic mass is 10.0. The lowest BCUT2D eigenvalue weighted by Gasteiger charge is -2.18. The summed E-state index contributed by atoms with van der Waals surface area (Å²) in [6.07, 6.45) is 74.6. The van der Waals surface area contributed by atoms with E-state index in [2.05, 4.69) is 93.7 Å². The van der Waals surface area contributed by atoms with Gasteiger partial charge in [0, 0.05) is 19.3 Å². The number of esters is 3. The van der Waals surface area contributed by atoms with Gasteiger partial charge in [0.25, 0.3) is 0 Å². The highest BCUT2D eigenvalue weighted by Gasteiger charge is 2.19. The molecule has 1 atom stereocenters. The fourth-order valence-corrected chi connectivity index (χ4v) is 8.38. The van der Waals surface area contributed by atoms with Gasteiger partial charge in [-0.15, -0.1) is 0 Å². The van der Waals surface area contributed by atoms with E-state index in [1.807, 2.05) is 0 Å². The second-order valence-corrected chi connectivity index (χ2v) is 19.9. The summed E-state index contributed by atoms with van der Waals surface area (Å²) in [5.41, 5.74) is 0. The molecule has 0 saturated carbocycles. The van der Waals surface area contributed by atoms with Gasteiger partial charge in [0.05, 0.1) is 0 Å². The summed E-state index contributed by atoms with van der Waals surface area (Å²) >= 11 is 0. The summed E-state index contributed by atoms with van der Waals surface area (Å²) in [6, 6.07) is 0. The van der Waals surface area contributed by atoms with Gasteiger partial charge in [-0.05, 0) is 89.9 Å². The molecular formula is C64H112O6. The molecule has 0 aromatic rings. The Morgan fingerprint density at radius 1 is 0.286 bits per heavy atom. The van der Waals surface area contributed by atoms with Crippen LogP contribution in [0.3, 0.4) is 0 Å². The molecule has 0 aromatic heterocycles. The Morgan fingerprint density at radius 3 is 0.886 bits per heavy atom. The van der Waals surface area contributed by atoms with Gasteiger partial charge >= 0.3 is 17.9 Å². The van der Waals surface area contributed by atoms with Crippen molar-refractivity contribution < 1.29 is 28.6 Å². The van der Waals surface area contributed by atoms with E-state index < -0.39 is 6.10 Å². The van der Waals surface area contributed by atoms with Gasteiger partial charge in [0.2, 0.25) is 0 Å². The molecule has 70 heavy (non-hydrogen) atoms. The lowest BCUT2D eigenvalue weighted by molar-refractivity contribution is -0.167. The fraction of sp³-hybridized carbons (Fsp3) is 0.766. The first-order valence-corrected chi connectivity index (χ1v) is 29.9. The number of hydrogen-bond donors (Lipinski definition) is 0. The van der Waals surface area contributed by atoms with Gasteiger partial charge in [-0.2, -0.15) is 0 Å². The molecule has 0 aliphatic heterocycles. The predicted molar refractivity (Wildman–Crippen MR) is 302 cm³/mol. The first kappa shape index (κ1) is 66.9. The summed E-state index contributed by atoms with van der Waals surface area (Å²) in [5, 5.41) is 0. The quantitative estimate of drug-likeness (QED) is 0.0261. The highest BCUT2D eigenvalue weighted by Crippen LogP contribution is 2.16. The largest absolute Gasteiger partial charge is 0.462 e. The van der Waals surface area contributed by atoms with Gasteiger partial charge in [0.15, 0.2) is 6.10 Å². The van der Waals surface area contributed by atoms with Crippen LogP contribution in [0.5, 0.6) is 0 Å². The van der Waals surface area contributed by atoms with Crippen LogP contribution in [0.2, 0.25) is 0 Å². The molecule has 0 rings (SSSR count). The van der Waals surface area contributed by atoms with Crippen LogP contribution in [0.4, 0.5) is 0 Å². The molecule has 0 aliphatic carbocycles. The van der Waals surface area contributed by atoms with E-state index in [0.29, 0.717) is 19.3 Å². The third-order valence-corrected chi connectivity index (χ3v) is 12.9. The SMILES string of the molecule is CCCC/C=C\C/C=C\CCCCCCCC(=O)OC[C@H](COC(=O)CCCCC/C=C\C/C=C\C/C=C\C/C=C\CCCCC)OC(=O)CCCCCCCCCCCCCCCCCCCCC. The zero-order valence-electron chi connectivity index (χ0n) is 46.3. The Hall–Kier alpha value is -3.15. The maximum Gasteiger partial charge on any atom is 0.306 e. The molecule has 0 heterocycles. The molecule has 0 aromatic carbocycles. The number of carbonyl (C=O) groups is 3. The summed E-state index contributed by atoms with van der Waals surface area (Å²) in [4.78, 5) is 38.2. The van der Waals surface area contributed by atoms with Crippen LogP contribution in [0.15, 0.2) is 72.9 Å². The second kappa shape index (κ2) is 58.4. The monoisotopic (exact) mass is 977 g/mol. The topological polar surface area (TPSA) is 78.9 Å². The average Bonchev–Trinajstić information content (AvgIpc) is 3.36. The maximum absolute atomic E-state index is 12.9. The normalized spacial score (nSPS) is 12.6. The minimum Gasteiger partial charge on any atom is -0.462 e. The Bertz CT molecular complexity index is 1310. The molecule has 0 unspecified atom stereocenters. The van der Waals surface area contributed by atoms with Crippen molar-refractivity contribution >= 4 is 17.9 Å². The van der Waals surface area contributed by atoms with Crippen LogP contribution in [-0.2, 0) is 28.6 Å². The first-order valence-electron chi connectivity index (χ1n) is 29.9. The molecule has 0 fully saturated rings. The summed E-state index contributed by atoms with van der Waals surface area (Å²) in [5.74, 6) is -0.923. The number of allylic oxidation sites excluding steroid dienone is 12. The summed E-state index contributed by atoms with van der Waals surface area (Å²) in [7, 11) is 0. The average molecular weight is 978 g/mol. The van der Waals surface area contributed by atoms with Crippen LogP contribution < -0.4 is 0 Å². The van der Waals surface area contributed by atoms with Gasteiger partial charge in [-0.1, -0.05) is 261 Å². The van der Waals surface area contributed by atoms with E-state index >= 15 is 0 Å². The molecule has 6 heteroatoms. The Kier molecular flexibility index (Phi) is 55.8. The summed E-state index contributed by atoms with van der Waals surface area (Å²) in [6.45, 7) is 6.56. The van der Waals surface area contributed by atoms with Gasteiger partial charge in [-0.25, -0.2) is 0 Å². The van der Waals surface area contributed by atoms with E-state index in [1.54, 1.807) is 0 Å². The standard InChI is InChI=1S/C64H112O6/c1-4-7-10-13-16-19-22-25-28-30-32-34-36-39-42-45-48-51-54-57-63(66)69-60-61(59-68-62(65)56-53-50-47-44-41-38-27-24-21-18-15-12-9-6-3)70-64(67)58-55-52-49-46-43-40-37-35-33-31-29-26-23-20-17-14-11-8-5-2/h15-16,18-19,24-25,27-28,32,34,39,42,61H,4-14,17,20-23,26,29-31,33,35-38,40-41,43-60H2,1-3H3/b18-15-,19-16-,27-24-,28-25-,34-32-,42-39-/t61-/m1/s1. The molecular weight excluding hydrogens is 865 g/mol. The van der Waals surface area contributed by atoms with Gasteiger partial charge in [0.1, 0.15) is 13.2 Å². The third kappa shape index (κ3) is 55.8. The van der Waals surface area contributed by atoms with Crippen molar-refractivity contribution in [2.24, 2.45) is 0 Å². The molecule has 0 saturated heterocycles. The molecule has 0 spiro atoms. The smallest absolute Gasteiger partial charge is 0.306 e. The zero-order valence-corrected chi connectivity index (χ0v) is 46.3. The van der Waals surface area contributed by atoms with Crippen molar-refractivity contribution in [3.05, 3.63) is 72.9 Å². The Labute approximate surface area is 433 Å². The van der Waals surface area contributed by atoms with Crippen molar-refractivity contribution in [3.8, 4) is 0 Å². The van der Waals surface area contributed by atoms with Gasteiger partial charge in [-0.3, -0.25) is 14.4 Å². The highest BCUT2D eigenvalue weighted by atomic mass is 16.6. The van der Waals surface area contributed by atoms with Crippen LogP contribution in [-0.4, -0.2) is 37.2 Å². The van der Waals surface area contributed by atoms with Crippen molar-refractivity contribution in [1.29, 1.82) is 0 Å². The highest BCUT2D eigenvalue weighted by molar-refractivity contribution is 5.71.